The van der Waals surface area contributed by atoms with E-state index in [9.17, 15) is 0 Å². The topological polar surface area (TPSA) is 3.24 Å². The summed E-state index contributed by atoms with van der Waals surface area (Å²) in [6.45, 7) is 19.3. The zero-order valence-electron chi connectivity index (χ0n) is 11.4. The molecular formula is C15H25N. The van der Waals surface area contributed by atoms with Crippen LogP contribution < -0.4 is 0 Å². The fourth-order valence-electron chi connectivity index (χ4n) is 1.77. The van der Waals surface area contributed by atoms with Crippen LogP contribution in [-0.2, 0) is 0 Å². The van der Waals surface area contributed by atoms with Gasteiger partial charge < -0.3 is 4.90 Å². The third-order valence-electron chi connectivity index (χ3n) is 2.60. The van der Waals surface area contributed by atoms with Crippen LogP contribution in [0.25, 0.3) is 0 Å². The molecule has 90 valence electrons. The van der Waals surface area contributed by atoms with Gasteiger partial charge in [0.1, 0.15) is 0 Å². The van der Waals surface area contributed by atoms with Crippen LogP contribution in [0.3, 0.4) is 0 Å². The molecule has 0 aliphatic carbocycles. The smallest absolute Gasteiger partial charge is 0.0435 e. The summed E-state index contributed by atoms with van der Waals surface area (Å²) in [4.78, 5) is 2.31. The van der Waals surface area contributed by atoms with Crippen molar-refractivity contribution in [3.8, 4) is 0 Å². The van der Waals surface area contributed by atoms with Crippen molar-refractivity contribution in [1.82, 2.24) is 4.90 Å². The van der Waals surface area contributed by atoms with Gasteiger partial charge in [-0.25, -0.2) is 0 Å². The molecule has 0 radical (unpaired) electrons. The minimum absolute atomic E-state index is 0.508. The second kappa shape index (κ2) is 7.10. The SMILES string of the molecule is C=C/C=C1/C(=C)N(C(C)C)C/C1=C/C.CC. The average Bonchev–Trinajstić information content (AvgIpc) is 2.60. The van der Waals surface area contributed by atoms with Crippen LogP contribution in [0.2, 0.25) is 0 Å². The number of rotatable bonds is 2. The molecule has 0 aromatic heterocycles. The van der Waals surface area contributed by atoms with Crippen LogP contribution in [0.1, 0.15) is 34.6 Å². The Morgan fingerprint density at radius 2 is 1.88 bits per heavy atom. The first-order chi connectivity index (χ1) is 7.61. The summed E-state index contributed by atoms with van der Waals surface area (Å²) in [6.07, 6.45) is 6.02. The first-order valence-electron chi connectivity index (χ1n) is 6.06. The Labute approximate surface area is 101 Å². The maximum atomic E-state index is 4.12. The summed E-state index contributed by atoms with van der Waals surface area (Å²) >= 11 is 0. The first kappa shape index (κ1) is 14.8. The van der Waals surface area contributed by atoms with E-state index in [-0.39, 0.29) is 0 Å². The molecule has 0 N–H and O–H groups in total. The van der Waals surface area contributed by atoms with E-state index in [1.165, 1.54) is 11.1 Å². The molecule has 1 rings (SSSR count). The van der Waals surface area contributed by atoms with E-state index in [4.69, 9.17) is 0 Å². The maximum absolute atomic E-state index is 4.12. The fraction of sp³-hybridized carbons (Fsp3) is 0.467. The quantitative estimate of drug-likeness (QED) is 0.669. The molecular weight excluding hydrogens is 194 g/mol. The van der Waals surface area contributed by atoms with E-state index in [0.717, 1.165) is 12.2 Å². The molecule has 1 nitrogen and oxygen atoms in total. The molecule has 1 aliphatic heterocycles. The Morgan fingerprint density at radius 3 is 2.25 bits per heavy atom. The Bertz CT molecular complexity index is 305. The number of likely N-dealkylation sites (tertiary alicyclic amines) is 1. The summed E-state index contributed by atoms with van der Waals surface area (Å²) in [5.41, 5.74) is 3.70. The van der Waals surface area contributed by atoms with E-state index in [1.807, 2.05) is 26.0 Å². The molecule has 16 heavy (non-hydrogen) atoms. The van der Waals surface area contributed by atoms with Crippen molar-refractivity contribution in [2.24, 2.45) is 0 Å². The second-order valence-electron chi connectivity index (χ2n) is 3.80. The summed E-state index contributed by atoms with van der Waals surface area (Å²) < 4.78 is 0. The fourth-order valence-corrected chi connectivity index (χ4v) is 1.77. The van der Waals surface area contributed by atoms with Crippen molar-refractivity contribution < 1.29 is 0 Å². The van der Waals surface area contributed by atoms with Gasteiger partial charge >= 0.3 is 0 Å². The van der Waals surface area contributed by atoms with Crippen molar-refractivity contribution in [3.63, 3.8) is 0 Å². The standard InChI is InChI=1S/C13H19N.C2H6/c1-6-8-13-11(5)14(10(3)4)9-12(13)7-2;1-2/h6-8,10H,1,5,9H2,2-4H3;1-2H3/b12-7-,13-8-;. The van der Waals surface area contributed by atoms with Crippen LogP contribution in [0.4, 0.5) is 0 Å². The predicted molar refractivity (Wildman–Crippen MR) is 74.4 cm³/mol. The molecule has 0 aromatic rings. The average molecular weight is 219 g/mol. The molecule has 0 unspecified atom stereocenters. The van der Waals surface area contributed by atoms with E-state index < -0.39 is 0 Å². The molecule has 0 saturated carbocycles. The highest BCUT2D eigenvalue weighted by Gasteiger charge is 2.25. The summed E-state index contributed by atoms with van der Waals surface area (Å²) in [7, 11) is 0. The van der Waals surface area contributed by atoms with E-state index >= 15 is 0 Å². The number of hydrogen-bond acceptors (Lipinski definition) is 1. The monoisotopic (exact) mass is 219 g/mol. The van der Waals surface area contributed by atoms with Crippen LogP contribution in [0.5, 0.6) is 0 Å². The summed E-state index contributed by atoms with van der Waals surface area (Å²) in [5, 5.41) is 0. The lowest BCUT2D eigenvalue weighted by atomic mass is 10.1. The molecule has 1 heterocycles. The van der Waals surface area contributed by atoms with E-state index in [0.29, 0.717) is 6.04 Å². The highest BCUT2D eigenvalue weighted by Crippen LogP contribution is 2.32. The molecule has 1 heteroatoms. The zero-order chi connectivity index (χ0) is 12.7. The molecule has 0 aromatic carbocycles. The van der Waals surface area contributed by atoms with Gasteiger partial charge in [0, 0.05) is 23.9 Å². The lowest BCUT2D eigenvalue weighted by Gasteiger charge is -2.23. The minimum atomic E-state index is 0.508. The maximum Gasteiger partial charge on any atom is 0.0435 e. The van der Waals surface area contributed by atoms with Gasteiger partial charge in [0.15, 0.2) is 0 Å². The Balaban J connectivity index is 0.00000106. The predicted octanol–water partition coefficient (Wildman–Crippen LogP) is 4.31. The van der Waals surface area contributed by atoms with E-state index in [1.54, 1.807) is 0 Å². The molecule has 0 bridgehead atoms. The Kier molecular flexibility index (Phi) is 6.55. The summed E-state index contributed by atoms with van der Waals surface area (Å²) in [6, 6.07) is 0.508. The summed E-state index contributed by atoms with van der Waals surface area (Å²) in [5.74, 6) is 0. The molecule has 1 saturated heterocycles. The Hall–Kier alpha value is -1.24. The van der Waals surface area contributed by atoms with Crippen molar-refractivity contribution >= 4 is 0 Å². The van der Waals surface area contributed by atoms with Gasteiger partial charge in [-0.2, -0.15) is 0 Å². The molecule has 1 fully saturated rings. The third kappa shape index (κ3) is 3.13. The van der Waals surface area contributed by atoms with Crippen LogP contribution >= 0.6 is 0 Å². The molecule has 0 amide bonds. The van der Waals surface area contributed by atoms with E-state index in [2.05, 4.69) is 44.9 Å². The zero-order valence-corrected chi connectivity index (χ0v) is 11.4. The van der Waals surface area contributed by atoms with Crippen molar-refractivity contribution in [1.29, 1.82) is 0 Å². The third-order valence-corrected chi connectivity index (χ3v) is 2.60. The van der Waals surface area contributed by atoms with Crippen molar-refractivity contribution in [3.05, 3.63) is 48.2 Å². The van der Waals surface area contributed by atoms with Gasteiger partial charge in [-0.3, -0.25) is 0 Å². The first-order valence-corrected chi connectivity index (χ1v) is 6.06. The lowest BCUT2D eigenvalue weighted by Crippen LogP contribution is -2.25. The number of nitrogens with zero attached hydrogens (tertiary/aromatic N) is 1. The van der Waals surface area contributed by atoms with Gasteiger partial charge in [-0.15, -0.1) is 0 Å². The van der Waals surface area contributed by atoms with Crippen LogP contribution in [0.15, 0.2) is 48.2 Å². The van der Waals surface area contributed by atoms with Gasteiger partial charge in [0.05, 0.1) is 0 Å². The van der Waals surface area contributed by atoms with Crippen LogP contribution in [-0.4, -0.2) is 17.5 Å². The highest BCUT2D eigenvalue weighted by molar-refractivity contribution is 5.52. The molecule has 0 atom stereocenters. The minimum Gasteiger partial charge on any atom is -0.365 e. The highest BCUT2D eigenvalue weighted by atomic mass is 15.2. The number of allylic oxidation sites excluding steroid dienone is 4. The van der Waals surface area contributed by atoms with Crippen LogP contribution in [0, 0.1) is 0 Å². The largest absolute Gasteiger partial charge is 0.365 e. The molecule has 1 aliphatic rings. The molecule has 0 spiro atoms. The normalized spacial score (nSPS) is 20.4. The van der Waals surface area contributed by atoms with Crippen molar-refractivity contribution in [2.75, 3.05) is 6.54 Å². The van der Waals surface area contributed by atoms with Gasteiger partial charge in [-0.05, 0) is 26.3 Å². The number of hydrogen-bond donors (Lipinski definition) is 0. The van der Waals surface area contributed by atoms with Gasteiger partial charge in [0.2, 0.25) is 0 Å². The lowest BCUT2D eigenvalue weighted by molar-refractivity contribution is 0.337. The van der Waals surface area contributed by atoms with Gasteiger partial charge in [0.25, 0.3) is 0 Å². The van der Waals surface area contributed by atoms with Gasteiger partial charge in [-0.1, -0.05) is 45.2 Å². The second-order valence-corrected chi connectivity index (χ2v) is 3.80. The Morgan fingerprint density at radius 1 is 1.31 bits per heavy atom. The van der Waals surface area contributed by atoms with Crippen molar-refractivity contribution in [2.45, 2.75) is 40.7 Å².